The van der Waals surface area contributed by atoms with Crippen LogP contribution in [0.2, 0.25) is 0 Å². The highest BCUT2D eigenvalue weighted by molar-refractivity contribution is 5.64. The molecule has 102 valence electrons. The molecular weight excluding hydrogens is 240 g/mol. The van der Waals surface area contributed by atoms with Crippen LogP contribution in [0.15, 0.2) is 24.3 Å². The number of rotatable bonds is 6. The van der Waals surface area contributed by atoms with Crippen LogP contribution in [-0.4, -0.2) is 21.9 Å². The fourth-order valence-corrected chi connectivity index (χ4v) is 1.93. The minimum atomic E-state index is -0.00752. The smallest absolute Gasteiger partial charge is 0.119 e. The van der Waals surface area contributed by atoms with E-state index < -0.39 is 0 Å². The number of nitrogens with zero attached hydrogens (tertiary/aromatic N) is 1. The Labute approximate surface area is 113 Å². The lowest BCUT2D eigenvalue weighted by Gasteiger charge is -2.06. The van der Waals surface area contributed by atoms with Gasteiger partial charge in [0.1, 0.15) is 5.75 Å². The second-order valence-electron chi connectivity index (χ2n) is 4.56. The van der Waals surface area contributed by atoms with Gasteiger partial charge < -0.3 is 9.84 Å². The molecule has 4 heteroatoms. The predicted octanol–water partition coefficient (Wildman–Crippen LogP) is 3.06. The highest BCUT2D eigenvalue weighted by Gasteiger charge is 2.11. The zero-order valence-electron chi connectivity index (χ0n) is 11.4. The number of hydrogen-bond acceptors (Lipinski definition) is 3. The molecule has 0 radical (unpaired) electrons. The lowest BCUT2D eigenvalue weighted by Crippen LogP contribution is -1.96. The Kier molecular flexibility index (Phi) is 4.58. The maximum absolute atomic E-state index is 9.36. The van der Waals surface area contributed by atoms with Gasteiger partial charge in [0.25, 0.3) is 0 Å². The summed E-state index contributed by atoms with van der Waals surface area (Å²) >= 11 is 0. The first-order chi connectivity index (χ1) is 9.26. The molecule has 0 saturated carbocycles. The highest BCUT2D eigenvalue weighted by atomic mass is 16.5. The number of benzene rings is 1. The van der Waals surface area contributed by atoms with Gasteiger partial charge in [-0.05, 0) is 37.6 Å². The van der Waals surface area contributed by atoms with Crippen molar-refractivity contribution >= 4 is 0 Å². The Hall–Kier alpha value is -1.81. The third kappa shape index (κ3) is 3.15. The fourth-order valence-electron chi connectivity index (χ4n) is 1.93. The molecule has 1 aromatic carbocycles. The van der Waals surface area contributed by atoms with Crippen molar-refractivity contribution in [1.82, 2.24) is 10.2 Å². The van der Waals surface area contributed by atoms with Crippen LogP contribution in [0.4, 0.5) is 0 Å². The van der Waals surface area contributed by atoms with Gasteiger partial charge in [-0.1, -0.05) is 13.3 Å². The van der Waals surface area contributed by atoms with E-state index in [9.17, 15) is 5.11 Å². The standard InChI is InChI=1S/C15H20N2O2/c1-3-4-9-19-13-7-5-12(6-8-13)15-14(10-18)11(2)16-17-15/h5-8,18H,3-4,9-10H2,1-2H3,(H,16,17). The van der Waals surface area contributed by atoms with E-state index in [1.165, 1.54) is 0 Å². The van der Waals surface area contributed by atoms with Gasteiger partial charge in [-0.25, -0.2) is 0 Å². The number of aryl methyl sites for hydroxylation is 1. The van der Waals surface area contributed by atoms with E-state index in [2.05, 4.69) is 17.1 Å². The van der Waals surface area contributed by atoms with Gasteiger partial charge in [-0.3, -0.25) is 5.10 Å². The van der Waals surface area contributed by atoms with Crippen LogP contribution in [0, 0.1) is 6.92 Å². The van der Waals surface area contributed by atoms with E-state index in [0.717, 1.165) is 47.7 Å². The van der Waals surface area contributed by atoms with Crippen molar-refractivity contribution in [2.24, 2.45) is 0 Å². The molecule has 0 spiro atoms. The number of unbranched alkanes of at least 4 members (excludes halogenated alkanes) is 1. The number of ether oxygens (including phenoxy) is 1. The van der Waals surface area contributed by atoms with Crippen molar-refractivity contribution in [2.75, 3.05) is 6.61 Å². The lowest BCUT2D eigenvalue weighted by molar-refractivity contribution is 0.281. The molecule has 4 nitrogen and oxygen atoms in total. The molecule has 2 aromatic rings. The van der Waals surface area contributed by atoms with Gasteiger partial charge in [0.15, 0.2) is 0 Å². The quantitative estimate of drug-likeness (QED) is 0.785. The third-order valence-corrected chi connectivity index (χ3v) is 3.13. The summed E-state index contributed by atoms with van der Waals surface area (Å²) in [5.74, 6) is 0.870. The van der Waals surface area contributed by atoms with Gasteiger partial charge in [0.2, 0.25) is 0 Å². The van der Waals surface area contributed by atoms with Crippen LogP contribution in [0.3, 0.4) is 0 Å². The molecule has 0 amide bonds. The number of aromatic nitrogens is 2. The molecule has 2 rings (SSSR count). The Morgan fingerprint density at radius 3 is 2.63 bits per heavy atom. The Balaban J connectivity index is 2.13. The van der Waals surface area contributed by atoms with Gasteiger partial charge >= 0.3 is 0 Å². The Morgan fingerprint density at radius 2 is 2.00 bits per heavy atom. The summed E-state index contributed by atoms with van der Waals surface area (Å²) in [6.07, 6.45) is 2.19. The monoisotopic (exact) mass is 260 g/mol. The van der Waals surface area contributed by atoms with E-state index in [0.29, 0.717) is 0 Å². The van der Waals surface area contributed by atoms with Gasteiger partial charge in [-0.15, -0.1) is 0 Å². The summed E-state index contributed by atoms with van der Waals surface area (Å²) in [6.45, 7) is 4.79. The van der Waals surface area contributed by atoms with Crippen molar-refractivity contribution in [2.45, 2.75) is 33.3 Å². The molecule has 1 aromatic heterocycles. The maximum Gasteiger partial charge on any atom is 0.119 e. The summed E-state index contributed by atoms with van der Waals surface area (Å²) in [5.41, 5.74) is 3.54. The number of aliphatic hydroxyl groups is 1. The second kappa shape index (κ2) is 6.38. The van der Waals surface area contributed by atoms with Crippen LogP contribution < -0.4 is 4.74 Å². The van der Waals surface area contributed by atoms with E-state index in [1.54, 1.807) is 0 Å². The summed E-state index contributed by atoms with van der Waals surface area (Å²) < 4.78 is 5.62. The third-order valence-electron chi connectivity index (χ3n) is 3.13. The summed E-state index contributed by atoms with van der Waals surface area (Å²) in [7, 11) is 0. The van der Waals surface area contributed by atoms with Crippen LogP contribution >= 0.6 is 0 Å². The molecule has 19 heavy (non-hydrogen) atoms. The minimum absolute atomic E-state index is 0.00752. The van der Waals surface area contributed by atoms with Crippen molar-refractivity contribution in [3.63, 3.8) is 0 Å². The minimum Gasteiger partial charge on any atom is -0.494 e. The molecule has 0 atom stereocenters. The maximum atomic E-state index is 9.36. The zero-order chi connectivity index (χ0) is 13.7. The first kappa shape index (κ1) is 13.6. The van der Waals surface area contributed by atoms with E-state index >= 15 is 0 Å². The average molecular weight is 260 g/mol. The van der Waals surface area contributed by atoms with Crippen LogP contribution in [-0.2, 0) is 6.61 Å². The fraction of sp³-hybridized carbons (Fsp3) is 0.400. The summed E-state index contributed by atoms with van der Waals surface area (Å²) in [4.78, 5) is 0. The zero-order valence-corrected chi connectivity index (χ0v) is 11.4. The van der Waals surface area contributed by atoms with Gasteiger partial charge in [-0.2, -0.15) is 5.10 Å². The molecule has 1 heterocycles. The van der Waals surface area contributed by atoms with Crippen LogP contribution in [0.1, 0.15) is 31.0 Å². The average Bonchev–Trinajstić information content (AvgIpc) is 2.81. The van der Waals surface area contributed by atoms with E-state index in [4.69, 9.17) is 4.74 Å². The van der Waals surface area contributed by atoms with Gasteiger partial charge in [0.05, 0.1) is 18.9 Å². The molecule has 0 saturated heterocycles. The van der Waals surface area contributed by atoms with Crippen molar-refractivity contribution in [3.8, 4) is 17.0 Å². The molecule has 0 aliphatic rings. The number of aliphatic hydroxyl groups excluding tert-OH is 1. The molecule has 0 unspecified atom stereocenters. The van der Waals surface area contributed by atoms with Crippen molar-refractivity contribution in [3.05, 3.63) is 35.5 Å². The molecular formula is C15H20N2O2. The SMILES string of the molecule is CCCCOc1ccc(-c2n[nH]c(C)c2CO)cc1. The van der Waals surface area contributed by atoms with Crippen molar-refractivity contribution in [1.29, 1.82) is 0 Å². The summed E-state index contributed by atoms with van der Waals surface area (Å²) in [6, 6.07) is 7.82. The second-order valence-corrected chi connectivity index (χ2v) is 4.56. The predicted molar refractivity (Wildman–Crippen MR) is 75.1 cm³/mol. The summed E-state index contributed by atoms with van der Waals surface area (Å²) in [5, 5.41) is 16.5. The first-order valence-electron chi connectivity index (χ1n) is 6.64. The molecule has 2 N–H and O–H groups in total. The highest BCUT2D eigenvalue weighted by Crippen LogP contribution is 2.25. The topological polar surface area (TPSA) is 58.1 Å². The van der Waals surface area contributed by atoms with Crippen LogP contribution in [0.5, 0.6) is 5.75 Å². The Bertz CT molecular complexity index is 517. The number of nitrogens with one attached hydrogen (secondary N) is 1. The number of aromatic amines is 1. The number of hydrogen-bond donors (Lipinski definition) is 2. The Morgan fingerprint density at radius 1 is 1.26 bits per heavy atom. The van der Waals surface area contributed by atoms with E-state index in [1.807, 2.05) is 31.2 Å². The normalized spacial score (nSPS) is 10.7. The van der Waals surface area contributed by atoms with Crippen LogP contribution in [0.25, 0.3) is 11.3 Å². The molecule has 0 aliphatic heterocycles. The van der Waals surface area contributed by atoms with Gasteiger partial charge in [0, 0.05) is 16.8 Å². The van der Waals surface area contributed by atoms with Crippen molar-refractivity contribution < 1.29 is 9.84 Å². The number of H-pyrrole nitrogens is 1. The lowest BCUT2D eigenvalue weighted by atomic mass is 10.1. The van der Waals surface area contributed by atoms with E-state index in [-0.39, 0.29) is 6.61 Å². The molecule has 0 bridgehead atoms. The first-order valence-corrected chi connectivity index (χ1v) is 6.64. The molecule has 0 fully saturated rings. The molecule has 0 aliphatic carbocycles. The largest absolute Gasteiger partial charge is 0.494 e.